The predicted molar refractivity (Wildman–Crippen MR) is 75.3 cm³/mol. The predicted octanol–water partition coefficient (Wildman–Crippen LogP) is 2.23. The van der Waals surface area contributed by atoms with Gasteiger partial charge in [0.1, 0.15) is 17.5 Å². The third-order valence-electron chi connectivity index (χ3n) is 2.70. The second kappa shape index (κ2) is 5.30. The lowest BCUT2D eigenvalue weighted by molar-refractivity contribution is 0.883. The van der Waals surface area contributed by atoms with Gasteiger partial charge in [0.25, 0.3) is 0 Å². The van der Waals surface area contributed by atoms with E-state index < -0.39 is 0 Å². The minimum absolute atomic E-state index is 0.768. The van der Waals surface area contributed by atoms with Crippen LogP contribution in [0.2, 0.25) is 0 Å². The van der Waals surface area contributed by atoms with Crippen molar-refractivity contribution >= 4 is 23.0 Å². The SMILES string of the molecule is CNc1cc(N(C)Cc2scnc2C)nc(C)n1. The van der Waals surface area contributed by atoms with Crippen molar-refractivity contribution in [3.8, 4) is 0 Å². The summed E-state index contributed by atoms with van der Waals surface area (Å²) >= 11 is 1.67. The van der Waals surface area contributed by atoms with E-state index in [1.165, 1.54) is 4.88 Å². The molecule has 0 saturated carbocycles. The van der Waals surface area contributed by atoms with E-state index in [1.807, 2.05) is 39.5 Å². The fourth-order valence-corrected chi connectivity index (χ4v) is 2.48. The molecule has 2 aromatic heterocycles. The van der Waals surface area contributed by atoms with Gasteiger partial charge >= 0.3 is 0 Å². The first-order valence-corrected chi connectivity index (χ1v) is 6.61. The van der Waals surface area contributed by atoms with Gasteiger partial charge in [0, 0.05) is 25.0 Å². The van der Waals surface area contributed by atoms with Gasteiger partial charge in [-0.2, -0.15) is 0 Å². The van der Waals surface area contributed by atoms with Crippen molar-refractivity contribution in [3.63, 3.8) is 0 Å². The van der Waals surface area contributed by atoms with Crippen LogP contribution in [-0.4, -0.2) is 29.0 Å². The van der Waals surface area contributed by atoms with Crippen molar-refractivity contribution in [2.75, 3.05) is 24.3 Å². The van der Waals surface area contributed by atoms with E-state index >= 15 is 0 Å². The summed E-state index contributed by atoms with van der Waals surface area (Å²) < 4.78 is 0. The van der Waals surface area contributed by atoms with Crippen LogP contribution >= 0.6 is 11.3 Å². The molecule has 6 heteroatoms. The number of rotatable bonds is 4. The molecular formula is C12H17N5S. The van der Waals surface area contributed by atoms with Gasteiger partial charge < -0.3 is 10.2 Å². The van der Waals surface area contributed by atoms with Crippen LogP contribution in [0.25, 0.3) is 0 Å². The van der Waals surface area contributed by atoms with Crippen LogP contribution in [0.1, 0.15) is 16.4 Å². The van der Waals surface area contributed by atoms with Crippen LogP contribution in [0, 0.1) is 13.8 Å². The van der Waals surface area contributed by atoms with Gasteiger partial charge in [-0.1, -0.05) is 0 Å². The number of nitrogens with zero attached hydrogens (tertiary/aromatic N) is 4. The second-order valence-corrected chi connectivity index (χ2v) is 5.06. The summed E-state index contributed by atoms with van der Waals surface area (Å²) in [4.78, 5) is 16.4. The molecule has 0 amide bonds. The summed E-state index contributed by atoms with van der Waals surface area (Å²) in [6.45, 7) is 4.75. The van der Waals surface area contributed by atoms with Crippen molar-refractivity contribution in [2.24, 2.45) is 0 Å². The van der Waals surface area contributed by atoms with E-state index in [0.717, 1.165) is 29.7 Å². The summed E-state index contributed by atoms with van der Waals surface area (Å²) in [6, 6.07) is 1.95. The van der Waals surface area contributed by atoms with Gasteiger partial charge in [-0.05, 0) is 13.8 Å². The number of thiazole rings is 1. The van der Waals surface area contributed by atoms with Crippen LogP contribution in [0.15, 0.2) is 11.6 Å². The largest absolute Gasteiger partial charge is 0.373 e. The van der Waals surface area contributed by atoms with Crippen molar-refractivity contribution in [3.05, 3.63) is 28.0 Å². The lowest BCUT2D eigenvalue weighted by atomic mass is 10.3. The quantitative estimate of drug-likeness (QED) is 0.916. The molecule has 0 fully saturated rings. The Bertz CT molecular complexity index is 537. The van der Waals surface area contributed by atoms with Gasteiger partial charge in [0.15, 0.2) is 0 Å². The van der Waals surface area contributed by atoms with Gasteiger partial charge in [-0.25, -0.2) is 15.0 Å². The maximum Gasteiger partial charge on any atom is 0.134 e. The monoisotopic (exact) mass is 263 g/mol. The van der Waals surface area contributed by atoms with Gasteiger partial charge in [0.05, 0.1) is 17.7 Å². The highest BCUT2D eigenvalue weighted by Gasteiger charge is 2.09. The van der Waals surface area contributed by atoms with E-state index in [0.29, 0.717) is 0 Å². The minimum Gasteiger partial charge on any atom is -0.373 e. The Hall–Kier alpha value is -1.69. The fraction of sp³-hybridized carbons (Fsp3) is 0.417. The molecule has 0 spiro atoms. The Labute approximate surface area is 111 Å². The molecular weight excluding hydrogens is 246 g/mol. The number of hydrogen-bond acceptors (Lipinski definition) is 6. The maximum atomic E-state index is 4.45. The molecule has 5 nitrogen and oxygen atoms in total. The standard InChI is InChI=1S/C12H17N5S/c1-8-10(18-7-14-8)6-17(4)12-5-11(13-3)15-9(2)16-12/h5,7H,6H2,1-4H3,(H,13,15,16). The van der Waals surface area contributed by atoms with Gasteiger partial charge in [-0.15, -0.1) is 11.3 Å². The van der Waals surface area contributed by atoms with E-state index in [4.69, 9.17) is 0 Å². The van der Waals surface area contributed by atoms with Crippen molar-refractivity contribution in [1.82, 2.24) is 15.0 Å². The number of aryl methyl sites for hydroxylation is 2. The zero-order chi connectivity index (χ0) is 13.1. The van der Waals surface area contributed by atoms with Gasteiger partial charge in [0.2, 0.25) is 0 Å². The summed E-state index contributed by atoms with van der Waals surface area (Å²) in [5, 5.41) is 3.05. The first kappa shape index (κ1) is 12.8. The Kier molecular flexibility index (Phi) is 3.76. The molecule has 18 heavy (non-hydrogen) atoms. The lowest BCUT2D eigenvalue weighted by Gasteiger charge is -2.18. The second-order valence-electron chi connectivity index (χ2n) is 4.13. The van der Waals surface area contributed by atoms with E-state index in [9.17, 15) is 0 Å². The van der Waals surface area contributed by atoms with Crippen LogP contribution in [-0.2, 0) is 6.54 Å². The zero-order valence-corrected chi connectivity index (χ0v) is 11.9. The Morgan fingerprint density at radius 1 is 1.33 bits per heavy atom. The van der Waals surface area contributed by atoms with E-state index in [1.54, 1.807) is 11.3 Å². The molecule has 0 aliphatic heterocycles. The highest BCUT2D eigenvalue weighted by Crippen LogP contribution is 2.19. The lowest BCUT2D eigenvalue weighted by Crippen LogP contribution is -2.18. The highest BCUT2D eigenvalue weighted by molar-refractivity contribution is 7.09. The highest BCUT2D eigenvalue weighted by atomic mass is 32.1. The molecule has 2 rings (SSSR count). The van der Waals surface area contributed by atoms with Crippen molar-refractivity contribution in [2.45, 2.75) is 20.4 Å². The Balaban J connectivity index is 2.20. The van der Waals surface area contributed by atoms with Crippen molar-refractivity contribution in [1.29, 1.82) is 0 Å². The van der Waals surface area contributed by atoms with Crippen LogP contribution in [0.5, 0.6) is 0 Å². The van der Waals surface area contributed by atoms with Crippen molar-refractivity contribution < 1.29 is 0 Å². The Morgan fingerprint density at radius 2 is 2.11 bits per heavy atom. The average Bonchev–Trinajstić information content (AvgIpc) is 2.74. The van der Waals surface area contributed by atoms with E-state index in [2.05, 4.69) is 25.2 Å². The van der Waals surface area contributed by atoms with Crippen LogP contribution < -0.4 is 10.2 Å². The number of anilines is 2. The summed E-state index contributed by atoms with van der Waals surface area (Å²) in [7, 11) is 3.89. The topological polar surface area (TPSA) is 53.9 Å². The van der Waals surface area contributed by atoms with E-state index in [-0.39, 0.29) is 0 Å². The fourth-order valence-electron chi connectivity index (χ4n) is 1.65. The summed E-state index contributed by atoms with van der Waals surface area (Å²) in [5.41, 5.74) is 2.97. The molecule has 96 valence electrons. The maximum absolute atomic E-state index is 4.45. The molecule has 0 atom stereocenters. The molecule has 2 aromatic rings. The third kappa shape index (κ3) is 2.76. The molecule has 2 heterocycles. The molecule has 0 aliphatic rings. The molecule has 0 bridgehead atoms. The normalized spacial score (nSPS) is 10.4. The smallest absolute Gasteiger partial charge is 0.134 e. The Morgan fingerprint density at radius 3 is 2.72 bits per heavy atom. The summed E-state index contributed by atoms with van der Waals surface area (Å²) in [6.07, 6.45) is 0. The summed E-state index contributed by atoms with van der Waals surface area (Å²) in [5.74, 6) is 2.52. The molecule has 0 unspecified atom stereocenters. The molecule has 1 N–H and O–H groups in total. The zero-order valence-electron chi connectivity index (χ0n) is 11.1. The van der Waals surface area contributed by atoms with Crippen LogP contribution in [0.3, 0.4) is 0 Å². The van der Waals surface area contributed by atoms with Gasteiger partial charge in [-0.3, -0.25) is 0 Å². The molecule has 0 aliphatic carbocycles. The molecule has 0 radical (unpaired) electrons. The number of hydrogen-bond donors (Lipinski definition) is 1. The van der Waals surface area contributed by atoms with Crippen LogP contribution in [0.4, 0.5) is 11.6 Å². The number of aromatic nitrogens is 3. The third-order valence-corrected chi connectivity index (χ3v) is 3.62. The first-order chi connectivity index (χ1) is 8.60. The average molecular weight is 263 g/mol. The minimum atomic E-state index is 0.768. The number of nitrogens with one attached hydrogen (secondary N) is 1. The molecule has 0 saturated heterocycles. The molecule has 0 aromatic carbocycles. The first-order valence-electron chi connectivity index (χ1n) is 5.73.